The van der Waals surface area contributed by atoms with E-state index in [1.807, 2.05) is 20.1 Å². The molecule has 0 saturated carbocycles. The summed E-state index contributed by atoms with van der Waals surface area (Å²) in [6, 6.07) is 13.1. The molecule has 0 aliphatic rings. The summed E-state index contributed by atoms with van der Waals surface area (Å²) in [6.45, 7) is 15.5. The molecule has 0 aliphatic heterocycles. The maximum absolute atomic E-state index is 9.98. The van der Waals surface area contributed by atoms with Crippen LogP contribution in [0, 0.1) is 19.3 Å². The van der Waals surface area contributed by atoms with Crippen LogP contribution in [0.2, 0.25) is 0 Å². The van der Waals surface area contributed by atoms with Crippen molar-refractivity contribution in [2.45, 2.75) is 85.7 Å². The minimum Gasteiger partial charge on any atom is -0.508 e. The Morgan fingerprint density at radius 3 is 1.90 bits per heavy atom. The molecule has 0 aromatic heterocycles. The molecular weight excluding hydrogens is 356 g/mol. The quantitative estimate of drug-likeness (QED) is 0.515. The Bertz CT molecular complexity index is 810. The van der Waals surface area contributed by atoms with Gasteiger partial charge in [0.25, 0.3) is 0 Å². The van der Waals surface area contributed by atoms with Crippen molar-refractivity contribution in [3.8, 4) is 5.75 Å². The Kier molecular flexibility index (Phi) is 7.56. The Labute approximate surface area is 178 Å². The van der Waals surface area contributed by atoms with Gasteiger partial charge in [0.2, 0.25) is 0 Å². The number of phenolic OH excluding ortho intramolecular Hbond substituents is 1. The minimum atomic E-state index is -0.0256. The lowest BCUT2D eigenvalue weighted by molar-refractivity contribution is 0.0110. The van der Waals surface area contributed by atoms with E-state index in [-0.39, 0.29) is 16.9 Å². The van der Waals surface area contributed by atoms with Crippen LogP contribution in [-0.4, -0.2) is 18.3 Å². The first kappa shape index (κ1) is 23.5. The number of aryl methyl sites for hydroxylation is 3. The second kappa shape index (κ2) is 9.34. The van der Waals surface area contributed by atoms with Crippen molar-refractivity contribution in [1.82, 2.24) is 0 Å². The number of rotatable bonds is 8. The van der Waals surface area contributed by atoms with E-state index in [0.717, 1.165) is 31.2 Å². The highest BCUT2D eigenvalue weighted by molar-refractivity contribution is 5.46. The lowest BCUT2D eigenvalue weighted by atomic mass is 9.69. The van der Waals surface area contributed by atoms with Gasteiger partial charge in [-0.15, -0.1) is 0 Å². The summed E-state index contributed by atoms with van der Waals surface area (Å²) in [7, 11) is 1.82. The fourth-order valence-corrected chi connectivity index (χ4v) is 4.65. The fourth-order valence-electron chi connectivity index (χ4n) is 4.65. The van der Waals surface area contributed by atoms with Crippen molar-refractivity contribution in [2.24, 2.45) is 5.41 Å². The van der Waals surface area contributed by atoms with Gasteiger partial charge in [-0.05, 0) is 78.8 Å². The first-order valence-electron chi connectivity index (χ1n) is 11.0. The fraction of sp³-hybridized carbons (Fsp3) is 0.556. The number of aromatic hydroxyl groups is 1. The number of phenols is 1. The van der Waals surface area contributed by atoms with Gasteiger partial charge in [0, 0.05) is 12.5 Å². The zero-order chi connectivity index (χ0) is 21.8. The Morgan fingerprint density at radius 2 is 1.45 bits per heavy atom. The van der Waals surface area contributed by atoms with Crippen LogP contribution in [-0.2, 0) is 16.6 Å². The largest absolute Gasteiger partial charge is 0.508 e. The second-order valence-corrected chi connectivity index (χ2v) is 9.56. The van der Waals surface area contributed by atoms with Crippen LogP contribution < -0.4 is 0 Å². The summed E-state index contributed by atoms with van der Waals surface area (Å²) in [5.74, 6) is 0.368. The molecule has 29 heavy (non-hydrogen) atoms. The number of methoxy groups -OCH3 is 1. The predicted octanol–water partition coefficient (Wildman–Crippen LogP) is 7.11. The van der Waals surface area contributed by atoms with Crippen LogP contribution >= 0.6 is 0 Å². The van der Waals surface area contributed by atoms with Crippen molar-refractivity contribution in [3.63, 3.8) is 0 Å². The third-order valence-corrected chi connectivity index (χ3v) is 6.78. The lowest BCUT2D eigenvalue weighted by Gasteiger charge is -2.34. The average Bonchev–Trinajstić information content (AvgIpc) is 2.66. The van der Waals surface area contributed by atoms with E-state index in [4.69, 9.17) is 4.74 Å². The Balaban J connectivity index is 2.35. The summed E-state index contributed by atoms with van der Waals surface area (Å²) in [5.41, 5.74) is 6.48. The molecule has 1 unspecified atom stereocenters. The summed E-state index contributed by atoms with van der Waals surface area (Å²) in [5, 5.41) is 9.98. The number of hydrogen-bond donors (Lipinski definition) is 1. The predicted molar refractivity (Wildman–Crippen MR) is 124 cm³/mol. The normalized spacial score (nSPS) is 13.5. The van der Waals surface area contributed by atoms with Gasteiger partial charge in [0.05, 0.1) is 6.10 Å². The molecule has 1 atom stereocenters. The first-order chi connectivity index (χ1) is 13.6. The average molecular weight is 397 g/mol. The van der Waals surface area contributed by atoms with Gasteiger partial charge in [-0.2, -0.15) is 0 Å². The molecule has 2 aromatic rings. The topological polar surface area (TPSA) is 29.5 Å². The smallest absolute Gasteiger partial charge is 0.118 e. The van der Waals surface area contributed by atoms with Gasteiger partial charge in [-0.25, -0.2) is 0 Å². The van der Waals surface area contributed by atoms with Crippen LogP contribution in [0.25, 0.3) is 0 Å². The molecule has 2 heteroatoms. The molecule has 0 radical (unpaired) electrons. The van der Waals surface area contributed by atoms with E-state index in [9.17, 15) is 5.11 Å². The van der Waals surface area contributed by atoms with E-state index in [1.165, 1.54) is 22.3 Å². The summed E-state index contributed by atoms with van der Waals surface area (Å²) >= 11 is 0. The molecule has 2 rings (SSSR count). The van der Waals surface area contributed by atoms with Crippen LogP contribution in [0.5, 0.6) is 5.75 Å². The van der Waals surface area contributed by atoms with Crippen molar-refractivity contribution in [3.05, 3.63) is 64.2 Å². The van der Waals surface area contributed by atoms with Crippen molar-refractivity contribution >= 4 is 0 Å². The van der Waals surface area contributed by atoms with Crippen LogP contribution in [0.4, 0.5) is 0 Å². The highest BCUT2D eigenvalue weighted by Crippen LogP contribution is 2.41. The summed E-state index contributed by atoms with van der Waals surface area (Å²) in [4.78, 5) is 0. The molecular formula is C27H40O2. The Morgan fingerprint density at radius 1 is 0.897 bits per heavy atom. The third kappa shape index (κ3) is 5.04. The molecule has 0 aliphatic carbocycles. The van der Waals surface area contributed by atoms with Gasteiger partial charge in [0.15, 0.2) is 0 Å². The molecule has 0 heterocycles. The number of hydrogen-bond acceptors (Lipinski definition) is 2. The van der Waals surface area contributed by atoms with E-state index < -0.39 is 0 Å². The molecule has 0 bridgehead atoms. The van der Waals surface area contributed by atoms with Gasteiger partial charge < -0.3 is 9.84 Å². The monoisotopic (exact) mass is 396 g/mol. The summed E-state index contributed by atoms with van der Waals surface area (Å²) < 4.78 is 5.75. The van der Waals surface area contributed by atoms with Gasteiger partial charge in [0.1, 0.15) is 5.75 Å². The SMILES string of the molecule is CCC(CC)(c1ccc(O)c(C)c1)c1ccc(CCC(OC)C(C)(C)C)c(C)c1. The third-order valence-electron chi connectivity index (χ3n) is 6.78. The van der Waals surface area contributed by atoms with Crippen LogP contribution in [0.3, 0.4) is 0 Å². The Hall–Kier alpha value is -1.80. The highest BCUT2D eigenvalue weighted by Gasteiger charge is 2.31. The van der Waals surface area contributed by atoms with Gasteiger partial charge >= 0.3 is 0 Å². The molecule has 2 nitrogen and oxygen atoms in total. The molecule has 0 saturated heterocycles. The van der Waals surface area contributed by atoms with Crippen molar-refractivity contribution < 1.29 is 9.84 Å². The zero-order valence-corrected chi connectivity index (χ0v) is 19.7. The van der Waals surface area contributed by atoms with Crippen molar-refractivity contribution in [1.29, 1.82) is 0 Å². The molecule has 2 aromatic carbocycles. The van der Waals surface area contributed by atoms with Crippen LogP contribution in [0.1, 0.15) is 81.7 Å². The maximum Gasteiger partial charge on any atom is 0.118 e. The summed E-state index contributed by atoms with van der Waals surface area (Å²) in [6.07, 6.45) is 4.38. The van der Waals surface area contributed by atoms with Gasteiger partial charge in [-0.3, -0.25) is 0 Å². The molecule has 0 amide bonds. The molecule has 0 spiro atoms. The minimum absolute atomic E-state index is 0.0256. The van der Waals surface area contributed by atoms with E-state index in [2.05, 4.69) is 71.9 Å². The van der Waals surface area contributed by atoms with E-state index in [1.54, 1.807) is 0 Å². The zero-order valence-electron chi connectivity index (χ0n) is 19.7. The molecule has 1 N–H and O–H groups in total. The van der Waals surface area contributed by atoms with E-state index >= 15 is 0 Å². The standard InChI is InChI=1S/C27H40O2/c1-9-27(10-2,23-14-15-24(28)20(4)18-23)22-13-11-21(19(3)17-22)12-16-25(29-8)26(5,6)7/h11,13-15,17-18,25,28H,9-10,12,16H2,1-8H3. The molecule has 0 fully saturated rings. The lowest BCUT2D eigenvalue weighted by Crippen LogP contribution is -2.29. The highest BCUT2D eigenvalue weighted by atomic mass is 16.5. The number of benzene rings is 2. The van der Waals surface area contributed by atoms with Crippen molar-refractivity contribution in [2.75, 3.05) is 7.11 Å². The van der Waals surface area contributed by atoms with Gasteiger partial charge in [-0.1, -0.05) is 65.0 Å². The van der Waals surface area contributed by atoms with E-state index in [0.29, 0.717) is 5.75 Å². The first-order valence-corrected chi connectivity index (χ1v) is 11.0. The maximum atomic E-state index is 9.98. The van der Waals surface area contributed by atoms with Crippen LogP contribution in [0.15, 0.2) is 36.4 Å². The number of ether oxygens (including phenoxy) is 1. The molecule has 160 valence electrons. The second-order valence-electron chi connectivity index (χ2n) is 9.56.